The van der Waals surface area contributed by atoms with Crippen LogP contribution in [-0.4, -0.2) is 72.3 Å². The molecule has 0 saturated carbocycles. The van der Waals surface area contributed by atoms with Gasteiger partial charge in [0, 0.05) is 23.7 Å². The Kier molecular flexibility index (Phi) is 7.06. The van der Waals surface area contributed by atoms with Crippen molar-refractivity contribution in [2.45, 2.75) is 63.6 Å². The number of benzene rings is 1. The van der Waals surface area contributed by atoms with E-state index in [0.717, 1.165) is 0 Å². The standard InChI is InChI=1S/C20H26BrFN2O7/c1-9(2)24-10(3)12(6-11-4-5-13(21)14(22)7-11)19(23-24)31-20(29)18(28)17(27)16(26)15(8-25)30-20/h4-5,7,9,15-18,25-29H,6,8H2,1-3H3/t15-,16-,17+,18-,20-/m1/s1. The molecule has 172 valence electrons. The Balaban J connectivity index is 2.00. The quantitative estimate of drug-likeness (QED) is 0.363. The summed E-state index contributed by atoms with van der Waals surface area (Å²) in [4.78, 5) is 0. The molecular formula is C20H26BrFN2O7. The fourth-order valence-electron chi connectivity index (χ4n) is 3.52. The average Bonchev–Trinajstić information content (AvgIpc) is 3.01. The SMILES string of the molecule is Cc1c(Cc2ccc(Br)c(F)c2)c(O[C@]2(O)O[C@H](CO)[C@@H](O)[C@H](O)[C@H]2O)nn1C(C)C. The van der Waals surface area contributed by atoms with E-state index in [9.17, 15) is 29.9 Å². The molecule has 0 amide bonds. The van der Waals surface area contributed by atoms with Crippen LogP contribution in [-0.2, 0) is 11.2 Å². The number of hydrogen-bond donors (Lipinski definition) is 5. The molecule has 1 aliphatic heterocycles. The van der Waals surface area contributed by atoms with Crippen LogP contribution in [0, 0.1) is 12.7 Å². The van der Waals surface area contributed by atoms with Gasteiger partial charge in [-0.1, -0.05) is 6.07 Å². The first-order chi connectivity index (χ1) is 14.5. The fraction of sp³-hybridized carbons (Fsp3) is 0.550. The summed E-state index contributed by atoms with van der Waals surface area (Å²) in [7, 11) is 0. The summed E-state index contributed by atoms with van der Waals surface area (Å²) < 4.78 is 26.7. The van der Waals surface area contributed by atoms with E-state index in [0.29, 0.717) is 21.3 Å². The summed E-state index contributed by atoms with van der Waals surface area (Å²) in [6, 6.07) is 4.55. The predicted octanol–water partition coefficient (Wildman–Crippen LogP) is 0.764. The molecule has 5 N–H and O–H groups in total. The van der Waals surface area contributed by atoms with Gasteiger partial charge in [0.15, 0.2) is 6.10 Å². The zero-order valence-electron chi connectivity index (χ0n) is 17.2. The molecule has 5 atom stereocenters. The lowest BCUT2D eigenvalue weighted by Gasteiger charge is -2.43. The summed E-state index contributed by atoms with van der Waals surface area (Å²) in [5, 5.41) is 54.8. The van der Waals surface area contributed by atoms with Gasteiger partial charge in [-0.2, -0.15) is 0 Å². The molecule has 1 aromatic carbocycles. The summed E-state index contributed by atoms with van der Waals surface area (Å²) in [5.41, 5.74) is 1.79. The van der Waals surface area contributed by atoms with Gasteiger partial charge in [-0.3, -0.25) is 4.68 Å². The molecule has 9 nitrogen and oxygen atoms in total. The molecular weight excluding hydrogens is 479 g/mol. The zero-order chi connectivity index (χ0) is 23.1. The lowest BCUT2D eigenvalue weighted by Crippen LogP contribution is -2.67. The van der Waals surface area contributed by atoms with Crippen LogP contribution in [0.4, 0.5) is 4.39 Å². The normalized spacial score (nSPS) is 28.9. The minimum absolute atomic E-state index is 0.0813. The highest BCUT2D eigenvalue weighted by atomic mass is 79.9. The molecule has 0 aliphatic carbocycles. The Labute approximate surface area is 186 Å². The van der Waals surface area contributed by atoms with Gasteiger partial charge in [0.25, 0.3) is 0 Å². The third-order valence-corrected chi connectivity index (χ3v) is 5.91. The van der Waals surface area contributed by atoms with Crippen LogP contribution in [0.3, 0.4) is 0 Å². The molecule has 0 radical (unpaired) electrons. The van der Waals surface area contributed by atoms with Gasteiger partial charge in [0.2, 0.25) is 5.88 Å². The Hall–Kier alpha value is -1.60. The first-order valence-electron chi connectivity index (χ1n) is 9.74. The van der Waals surface area contributed by atoms with Gasteiger partial charge >= 0.3 is 5.97 Å². The van der Waals surface area contributed by atoms with E-state index in [2.05, 4.69) is 21.0 Å². The van der Waals surface area contributed by atoms with Crippen LogP contribution in [0.1, 0.15) is 36.7 Å². The van der Waals surface area contributed by atoms with Gasteiger partial charge < -0.3 is 35.0 Å². The van der Waals surface area contributed by atoms with Crippen LogP contribution in [0.2, 0.25) is 0 Å². The Morgan fingerprint density at radius 1 is 1.29 bits per heavy atom. The van der Waals surface area contributed by atoms with Crippen molar-refractivity contribution in [1.82, 2.24) is 9.78 Å². The van der Waals surface area contributed by atoms with Crippen LogP contribution < -0.4 is 4.74 Å². The Morgan fingerprint density at radius 3 is 2.55 bits per heavy atom. The van der Waals surface area contributed by atoms with Crippen molar-refractivity contribution in [2.24, 2.45) is 0 Å². The third-order valence-electron chi connectivity index (χ3n) is 5.26. The number of hydrogen-bond acceptors (Lipinski definition) is 8. The number of aliphatic hydroxyl groups excluding tert-OH is 4. The summed E-state index contributed by atoms with van der Waals surface area (Å²) in [6.45, 7) is 4.81. The fourth-order valence-corrected chi connectivity index (χ4v) is 3.76. The lowest BCUT2D eigenvalue weighted by molar-refractivity contribution is -0.423. The number of halogens is 2. The van der Waals surface area contributed by atoms with Crippen molar-refractivity contribution in [3.8, 4) is 5.88 Å². The molecule has 2 heterocycles. The average molecular weight is 505 g/mol. The van der Waals surface area contributed by atoms with Gasteiger partial charge in [0.05, 0.1) is 11.1 Å². The van der Waals surface area contributed by atoms with Crippen LogP contribution in [0.15, 0.2) is 22.7 Å². The summed E-state index contributed by atoms with van der Waals surface area (Å²) >= 11 is 3.11. The second-order valence-electron chi connectivity index (χ2n) is 7.83. The van der Waals surface area contributed by atoms with Crippen molar-refractivity contribution < 1.29 is 39.4 Å². The van der Waals surface area contributed by atoms with Gasteiger partial charge in [-0.15, -0.1) is 5.10 Å². The largest absolute Gasteiger partial charge is 0.417 e. The van der Waals surface area contributed by atoms with Crippen LogP contribution >= 0.6 is 15.9 Å². The molecule has 31 heavy (non-hydrogen) atoms. The highest BCUT2D eigenvalue weighted by molar-refractivity contribution is 9.10. The van der Waals surface area contributed by atoms with Crippen molar-refractivity contribution in [1.29, 1.82) is 0 Å². The van der Waals surface area contributed by atoms with E-state index in [-0.39, 0.29) is 18.3 Å². The van der Waals surface area contributed by atoms with E-state index in [4.69, 9.17) is 9.47 Å². The minimum Gasteiger partial charge on any atom is -0.417 e. The summed E-state index contributed by atoms with van der Waals surface area (Å²) in [6.07, 6.45) is -6.73. The second kappa shape index (κ2) is 9.10. The van der Waals surface area contributed by atoms with Crippen molar-refractivity contribution in [3.05, 3.63) is 45.3 Å². The van der Waals surface area contributed by atoms with Gasteiger partial charge in [-0.05, 0) is 54.4 Å². The second-order valence-corrected chi connectivity index (χ2v) is 8.68. The predicted molar refractivity (Wildman–Crippen MR) is 110 cm³/mol. The number of ether oxygens (including phenoxy) is 2. The number of nitrogens with zero attached hydrogens (tertiary/aromatic N) is 2. The Bertz CT molecular complexity index is 938. The van der Waals surface area contributed by atoms with Crippen molar-refractivity contribution >= 4 is 15.9 Å². The van der Waals surface area contributed by atoms with E-state index in [1.165, 1.54) is 6.07 Å². The molecule has 0 spiro atoms. The van der Waals surface area contributed by atoms with Crippen molar-refractivity contribution in [2.75, 3.05) is 6.61 Å². The first-order valence-corrected chi connectivity index (χ1v) is 10.5. The third kappa shape index (κ3) is 4.63. The van der Waals surface area contributed by atoms with E-state index in [1.807, 2.05) is 13.8 Å². The van der Waals surface area contributed by atoms with E-state index in [1.54, 1.807) is 23.7 Å². The molecule has 1 saturated heterocycles. The maximum atomic E-state index is 14.0. The number of aliphatic hydroxyl groups is 5. The molecule has 1 aromatic heterocycles. The van der Waals surface area contributed by atoms with E-state index >= 15 is 0 Å². The molecule has 1 fully saturated rings. The van der Waals surface area contributed by atoms with Gasteiger partial charge in [-0.25, -0.2) is 4.39 Å². The van der Waals surface area contributed by atoms with E-state index < -0.39 is 42.8 Å². The number of rotatable bonds is 6. The molecule has 3 rings (SSSR count). The monoisotopic (exact) mass is 504 g/mol. The van der Waals surface area contributed by atoms with Crippen molar-refractivity contribution in [3.63, 3.8) is 0 Å². The maximum Gasteiger partial charge on any atom is 0.356 e. The molecule has 0 unspecified atom stereocenters. The number of aromatic nitrogens is 2. The smallest absolute Gasteiger partial charge is 0.356 e. The highest BCUT2D eigenvalue weighted by Crippen LogP contribution is 2.34. The van der Waals surface area contributed by atoms with Crippen LogP contribution in [0.25, 0.3) is 0 Å². The molecule has 2 aromatic rings. The van der Waals surface area contributed by atoms with Crippen LogP contribution in [0.5, 0.6) is 5.88 Å². The topological polar surface area (TPSA) is 137 Å². The molecule has 11 heteroatoms. The Morgan fingerprint density at radius 2 is 1.97 bits per heavy atom. The zero-order valence-corrected chi connectivity index (χ0v) is 18.8. The van der Waals surface area contributed by atoms with Gasteiger partial charge in [0.1, 0.15) is 24.1 Å². The summed E-state index contributed by atoms with van der Waals surface area (Å²) in [5.74, 6) is -3.33. The molecule has 1 aliphatic rings. The minimum atomic E-state index is -2.78. The highest BCUT2D eigenvalue weighted by Gasteiger charge is 2.55. The first kappa shape index (κ1) is 24.1. The molecule has 0 bridgehead atoms. The maximum absolute atomic E-state index is 14.0. The lowest BCUT2D eigenvalue weighted by atomic mass is 9.98.